The van der Waals surface area contributed by atoms with Gasteiger partial charge < -0.3 is 15.2 Å². The number of amides is 1. The molecule has 1 aliphatic heterocycles. The van der Waals surface area contributed by atoms with Crippen LogP contribution in [0.5, 0.6) is 0 Å². The number of thioether (sulfide) groups is 1. The third-order valence-electron chi connectivity index (χ3n) is 2.24. The van der Waals surface area contributed by atoms with E-state index in [1.165, 1.54) is 11.8 Å². The Labute approximate surface area is 98.9 Å². The van der Waals surface area contributed by atoms with E-state index in [0.29, 0.717) is 18.1 Å². The largest absolute Gasteiger partial charge is 0.481 e. The zero-order chi connectivity index (χ0) is 11.8. The second kappa shape index (κ2) is 7.51. The molecule has 1 unspecified atom stereocenters. The summed E-state index contributed by atoms with van der Waals surface area (Å²) in [6.45, 7) is 1.35. The highest BCUT2D eigenvalue weighted by molar-refractivity contribution is 7.99. The van der Waals surface area contributed by atoms with Gasteiger partial charge in [0.05, 0.1) is 18.3 Å². The molecule has 2 N–H and O–H groups in total. The second-order valence-corrected chi connectivity index (χ2v) is 4.74. The number of aliphatic carboxylic acids is 1. The molecule has 0 saturated carbocycles. The molecule has 0 aliphatic carbocycles. The maximum atomic E-state index is 11.3. The van der Waals surface area contributed by atoms with E-state index in [1.807, 2.05) is 0 Å². The van der Waals surface area contributed by atoms with Crippen molar-refractivity contribution in [1.29, 1.82) is 0 Å². The summed E-state index contributed by atoms with van der Waals surface area (Å²) in [4.78, 5) is 21.5. The second-order valence-electron chi connectivity index (χ2n) is 3.64. The van der Waals surface area contributed by atoms with Crippen molar-refractivity contribution in [1.82, 2.24) is 5.32 Å². The molecule has 1 rings (SSSR count). The smallest absolute Gasteiger partial charge is 0.304 e. The quantitative estimate of drug-likeness (QED) is 0.640. The maximum absolute atomic E-state index is 11.3. The molecule has 0 bridgehead atoms. The minimum atomic E-state index is -0.827. The number of carboxylic acids is 1. The van der Waals surface area contributed by atoms with E-state index in [2.05, 4.69) is 5.32 Å². The van der Waals surface area contributed by atoms with Gasteiger partial charge in [0.25, 0.3) is 0 Å². The Morgan fingerprint density at radius 1 is 1.50 bits per heavy atom. The fourth-order valence-corrected chi connectivity index (χ4v) is 2.16. The molecule has 1 atom stereocenters. The van der Waals surface area contributed by atoms with Crippen LogP contribution in [0.2, 0.25) is 0 Å². The van der Waals surface area contributed by atoms with Gasteiger partial charge in [-0.1, -0.05) is 0 Å². The summed E-state index contributed by atoms with van der Waals surface area (Å²) >= 11 is 1.34. The van der Waals surface area contributed by atoms with E-state index in [9.17, 15) is 9.59 Å². The average molecular weight is 247 g/mol. The van der Waals surface area contributed by atoms with Crippen LogP contribution in [-0.2, 0) is 14.3 Å². The Morgan fingerprint density at radius 3 is 2.94 bits per heavy atom. The maximum Gasteiger partial charge on any atom is 0.304 e. The van der Waals surface area contributed by atoms with Crippen molar-refractivity contribution < 1.29 is 19.4 Å². The van der Waals surface area contributed by atoms with Gasteiger partial charge in [-0.15, -0.1) is 0 Å². The summed E-state index contributed by atoms with van der Waals surface area (Å²) in [7, 11) is 0. The molecule has 1 amide bonds. The molecule has 1 fully saturated rings. The van der Waals surface area contributed by atoms with Crippen molar-refractivity contribution in [3.8, 4) is 0 Å². The first-order valence-corrected chi connectivity index (χ1v) is 6.52. The summed E-state index contributed by atoms with van der Waals surface area (Å²) in [6.07, 6.45) is 2.33. The first kappa shape index (κ1) is 13.3. The van der Waals surface area contributed by atoms with Gasteiger partial charge in [0.15, 0.2) is 0 Å². The molecule has 0 aromatic rings. The third-order valence-corrected chi connectivity index (χ3v) is 3.20. The lowest BCUT2D eigenvalue weighted by atomic mass is 10.2. The molecule has 0 spiro atoms. The predicted molar refractivity (Wildman–Crippen MR) is 61.6 cm³/mol. The average Bonchev–Trinajstić information content (AvgIpc) is 2.74. The van der Waals surface area contributed by atoms with Crippen molar-refractivity contribution in [2.45, 2.75) is 25.4 Å². The number of carbonyl (C=O) groups is 2. The zero-order valence-electron chi connectivity index (χ0n) is 9.11. The lowest BCUT2D eigenvalue weighted by molar-refractivity contribution is -0.136. The van der Waals surface area contributed by atoms with Gasteiger partial charge in [-0.05, 0) is 12.8 Å². The highest BCUT2D eigenvalue weighted by Gasteiger charge is 2.15. The van der Waals surface area contributed by atoms with E-state index in [0.717, 1.165) is 19.4 Å². The Kier molecular flexibility index (Phi) is 6.25. The van der Waals surface area contributed by atoms with Crippen LogP contribution in [0.15, 0.2) is 0 Å². The first-order valence-electron chi connectivity index (χ1n) is 5.36. The number of rotatable bonds is 7. The molecule has 1 heterocycles. The van der Waals surface area contributed by atoms with Gasteiger partial charge in [-0.3, -0.25) is 9.59 Å². The molecule has 0 radical (unpaired) electrons. The monoisotopic (exact) mass is 247 g/mol. The van der Waals surface area contributed by atoms with Crippen molar-refractivity contribution in [2.75, 3.05) is 24.7 Å². The highest BCUT2D eigenvalue weighted by Crippen LogP contribution is 2.10. The highest BCUT2D eigenvalue weighted by atomic mass is 32.2. The predicted octanol–water partition coefficient (Wildman–Crippen LogP) is 0.489. The van der Waals surface area contributed by atoms with Crippen LogP contribution in [0, 0.1) is 0 Å². The summed E-state index contributed by atoms with van der Waals surface area (Å²) in [6, 6.07) is 0. The minimum Gasteiger partial charge on any atom is -0.481 e. The lowest BCUT2D eigenvalue weighted by Gasteiger charge is -2.10. The lowest BCUT2D eigenvalue weighted by Crippen LogP contribution is -2.33. The standard InChI is InChI=1S/C10H17NO4S/c12-9(7-16-5-3-10(13)14)11-6-8-2-1-4-15-8/h8H,1-7H2,(H,11,12)(H,13,14). The number of hydrogen-bond donors (Lipinski definition) is 2. The SMILES string of the molecule is O=C(O)CCSCC(=O)NCC1CCCO1. The minimum absolute atomic E-state index is 0.0501. The summed E-state index contributed by atoms with van der Waals surface area (Å²) in [5, 5.41) is 11.2. The zero-order valence-corrected chi connectivity index (χ0v) is 9.92. The molecule has 1 aliphatic rings. The van der Waals surface area contributed by atoms with Crippen LogP contribution in [0.3, 0.4) is 0 Å². The fraction of sp³-hybridized carbons (Fsp3) is 0.800. The number of nitrogens with one attached hydrogen (secondary N) is 1. The molecular formula is C10H17NO4S. The van der Waals surface area contributed by atoms with E-state index in [1.54, 1.807) is 0 Å². The van der Waals surface area contributed by atoms with Crippen LogP contribution in [0.4, 0.5) is 0 Å². The Morgan fingerprint density at radius 2 is 2.31 bits per heavy atom. The van der Waals surface area contributed by atoms with Crippen LogP contribution >= 0.6 is 11.8 Å². The molecule has 92 valence electrons. The molecule has 5 nitrogen and oxygen atoms in total. The van der Waals surface area contributed by atoms with E-state index in [4.69, 9.17) is 9.84 Å². The molecule has 0 aromatic carbocycles. The molecule has 16 heavy (non-hydrogen) atoms. The van der Waals surface area contributed by atoms with Gasteiger partial charge in [0, 0.05) is 18.9 Å². The number of ether oxygens (including phenoxy) is 1. The van der Waals surface area contributed by atoms with E-state index < -0.39 is 5.97 Å². The molecular weight excluding hydrogens is 230 g/mol. The van der Waals surface area contributed by atoms with E-state index >= 15 is 0 Å². The summed E-state index contributed by atoms with van der Waals surface area (Å²) in [5.41, 5.74) is 0. The normalized spacial score (nSPS) is 19.6. The number of hydrogen-bond acceptors (Lipinski definition) is 4. The third kappa shape index (κ3) is 5.97. The van der Waals surface area contributed by atoms with Gasteiger partial charge >= 0.3 is 5.97 Å². The van der Waals surface area contributed by atoms with Crippen LogP contribution in [-0.4, -0.2) is 47.7 Å². The van der Waals surface area contributed by atoms with Crippen LogP contribution in [0.1, 0.15) is 19.3 Å². The van der Waals surface area contributed by atoms with Crippen molar-refractivity contribution >= 4 is 23.6 Å². The number of carbonyl (C=O) groups excluding carboxylic acids is 1. The van der Waals surface area contributed by atoms with Crippen LogP contribution < -0.4 is 5.32 Å². The van der Waals surface area contributed by atoms with Crippen molar-refractivity contribution in [3.63, 3.8) is 0 Å². The van der Waals surface area contributed by atoms with Gasteiger partial charge in [-0.2, -0.15) is 11.8 Å². The van der Waals surface area contributed by atoms with E-state index in [-0.39, 0.29) is 18.4 Å². The Balaban J connectivity index is 1.95. The summed E-state index contributed by atoms with van der Waals surface area (Å²) in [5.74, 6) is -0.0824. The summed E-state index contributed by atoms with van der Waals surface area (Å²) < 4.78 is 5.36. The first-order chi connectivity index (χ1) is 7.68. The Bertz CT molecular complexity index is 241. The Hall–Kier alpha value is -0.750. The van der Waals surface area contributed by atoms with Crippen LogP contribution in [0.25, 0.3) is 0 Å². The molecule has 1 saturated heterocycles. The van der Waals surface area contributed by atoms with Gasteiger partial charge in [-0.25, -0.2) is 0 Å². The fourth-order valence-electron chi connectivity index (χ4n) is 1.41. The molecule has 6 heteroatoms. The van der Waals surface area contributed by atoms with Crippen molar-refractivity contribution in [3.05, 3.63) is 0 Å². The van der Waals surface area contributed by atoms with Crippen molar-refractivity contribution in [2.24, 2.45) is 0 Å². The topological polar surface area (TPSA) is 75.6 Å². The van der Waals surface area contributed by atoms with Gasteiger partial charge in [0.2, 0.25) is 5.91 Å². The van der Waals surface area contributed by atoms with Gasteiger partial charge in [0.1, 0.15) is 0 Å². The molecule has 0 aromatic heterocycles. The number of carboxylic acid groups (broad SMARTS) is 1.